The molecule has 0 radical (unpaired) electrons. The van der Waals surface area contributed by atoms with Crippen molar-refractivity contribution < 1.29 is 19.3 Å². The van der Waals surface area contributed by atoms with Crippen molar-refractivity contribution in [2.75, 3.05) is 5.73 Å². The molecular formula is C10H12FN5O4. The first kappa shape index (κ1) is 13.0. The van der Waals surface area contributed by atoms with Gasteiger partial charge in [0.25, 0.3) is 5.56 Å². The first-order chi connectivity index (χ1) is 9.31. The molecule has 4 atom stereocenters. The van der Waals surface area contributed by atoms with Crippen LogP contribution in [0.4, 0.5) is 10.3 Å². The predicted molar refractivity (Wildman–Crippen MR) is 64.2 cm³/mol. The molecule has 0 unspecified atom stereocenters. The number of ether oxygens (including phenoxy) is 1. The molecule has 1 aliphatic heterocycles. The maximum atomic E-state index is 14.0. The molecule has 0 bridgehead atoms. The van der Waals surface area contributed by atoms with Crippen LogP contribution in [0.15, 0.2) is 11.1 Å². The Kier molecular flexibility index (Phi) is 2.58. The van der Waals surface area contributed by atoms with Crippen molar-refractivity contribution in [1.29, 1.82) is 0 Å². The van der Waals surface area contributed by atoms with Crippen molar-refractivity contribution in [3.63, 3.8) is 0 Å². The lowest BCUT2D eigenvalue weighted by atomic mass is 10.1. The Morgan fingerprint density at radius 2 is 2.35 bits per heavy atom. The lowest BCUT2D eigenvalue weighted by Crippen LogP contribution is -2.38. The number of imidazole rings is 1. The first-order valence-electron chi connectivity index (χ1n) is 5.76. The number of hydrogen-bond donors (Lipinski definition) is 4. The smallest absolute Gasteiger partial charge is 0.280 e. The third-order valence-electron chi connectivity index (χ3n) is 3.21. The van der Waals surface area contributed by atoms with E-state index in [-0.39, 0.29) is 17.1 Å². The van der Waals surface area contributed by atoms with Crippen LogP contribution in [0.5, 0.6) is 0 Å². The van der Waals surface area contributed by atoms with Crippen molar-refractivity contribution in [2.45, 2.75) is 31.2 Å². The summed E-state index contributed by atoms with van der Waals surface area (Å²) in [4.78, 5) is 21.5. The van der Waals surface area contributed by atoms with E-state index >= 15 is 0 Å². The number of nitrogen functional groups attached to an aromatic ring is 1. The molecule has 0 saturated carbocycles. The molecule has 0 aromatic carbocycles. The highest BCUT2D eigenvalue weighted by atomic mass is 19.1. The van der Waals surface area contributed by atoms with Crippen LogP contribution in [0.1, 0.15) is 13.2 Å². The molecule has 3 rings (SSSR count). The van der Waals surface area contributed by atoms with Gasteiger partial charge in [-0.1, -0.05) is 0 Å². The fourth-order valence-corrected chi connectivity index (χ4v) is 2.17. The fraction of sp³-hybridized carbons (Fsp3) is 0.500. The van der Waals surface area contributed by atoms with Gasteiger partial charge in [0, 0.05) is 0 Å². The van der Waals surface area contributed by atoms with Crippen LogP contribution in [0, 0.1) is 0 Å². The van der Waals surface area contributed by atoms with E-state index in [0.717, 1.165) is 17.8 Å². The van der Waals surface area contributed by atoms with Gasteiger partial charge in [0.15, 0.2) is 29.4 Å². The number of aromatic amines is 1. The number of alkyl halides is 1. The van der Waals surface area contributed by atoms with Gasteiger partial charge >= 0.3 is 0 Å². The van der Waals surface area contributed by atoms with Crippen molar-refractivity contribution in [1.82, 2.24) is 19.5 Å². The predicted octanol–water partition coefficient (Wildman–Crippen LogP) is -1.36. The second kappa shape index (κ2) is 3.98. The maximum absolute atomic E-state index is 14.0. The minimum absolute atomic E-state index is 0.00352. The normalized spacial score (nSPS) is 33.9. The molecule has 0 spiro atoms. The van der Waals surface area contributed by atoms with E-state index in [1.807, 2.05) is 0 Å². The molecular weight excluding hydrogens is 273 g/mol. The monoisotopic (exact) mass is 285 g/mol. The number of aliphatic hydroxyl groups excluding tert-OH is 1. The quantitative estimate of drug-likeness (QED) is 0.507. The maximum Gasteiger partial charge on any atom is 0.280 e. The number of hydrogen-bond acceptors (Lipinski definition) is 7. The van der Waals surface area contributed by atoms with Crippen LogP contribution in [0.3, 0.4) is 0 Å². The number of aromatic nitrogens is 4. The molecule has 1 fully saturated rings. The van der Waals surface area contributed by atoms with E-state index in [4.69, 9.17) is 10.5 Å². The lowest BCUT2D eigenvalue weighted by molar-refractivity contribution is -0.224. The standard InChI is InChI=1S/C10H12FN5O4/c1-10(19)5(17)3(11)8(20-10)16-2-13-4-6(16)14-9(12)15-7(4)18/h2-3,5,8,17,19H,1H3,(H3,12,14,15,18)/t3-,5+,8-,10+/m1/s1. The van der Waals surface area contributed by atoms with Crippen LogP contribution in [0.2, 0.25) is 0 Å². The van der Waals surface area contributed by atoms with Crippen LogP contribution in [-0.2, 0) is 4.74 Å². The molecule has 2 aromatic rings. The summed E-state index contributed by atoms with van der Waals surface area (Å²) in [7, 11) is 0. The third kappa shape index (κ3) is 1.69. The van der Waals surface area contributed by atoms with Crippen molar-refractivity contribution in [2.24, 2.45) is 0 Å². The van der Waals surface area contributed by atoms with Crippen LogP contribution in [-0.4, -0.2) is 47.8 Å². The van der Waals surface area contributed by atoms with Crippen LogP contribution in [0.25, 0.3) is 11.2 Å². The minimum Gasteiger partial charge on any atom is -0.384 e. The molecule has 3 heterocycles. The molecule has 9 nitrogen and oxygen atoms in total. The summed E-state index contributed by atoms with van der Waals surface area (Å²) < 4.78 is 20.2. The average molecular weight is 285 g/mol. The van der Waals surface area contributed by atoms with Crippen LogP contribution >= 0.6 is 0 Å². The molecule has 10 heteroatoms. The van der Waals surface area contributed by atoms with Gasteiger partial charge in [0.2, 0.25) is 5.95 Å². The SMILES string of the molecule is C[C@]1(O)O[C@@H](n2cnc3c(=O)[nH]c(N)nc32)[C@H](F)[C@@H]1O. The molecule has 0 aliphatic carbocycles. The Bertz CT molecular complexity index is 726. The number of fused-ring (bicyclic) bond motifs is 1. The zero-order valence-electron chi connectivity index (χ0n) is 10.3. The number of nitrogens with two attached hydrogens (primary N) is 1. The zero-order chi connectivity index (χ0) is 14.7. The summed E-state index contributed by atoms with van der Waals surface area (Å²) in [6.45, 7) is 1.14. The molecule has 20 heavy (non-hydrogen) atoms. The number of rotatable bonds is 1. The second-order valence-electron chi connectivity index (χ2n) is 4.73. The summed E-state index contributed by atoms with van der Waals surface area (Å²) in [5.41, 5.74) is 4.81. The molecule has 1 aliphatic rings. The topological polar surface area (TPSA) is 139 Å². The van der Waals surface area contributed by atoms with Gasteiger partial charge in [-0.2, -0.15) is 4.98 Å². The van der Waals surface area contributed by atoms with E-state index < -0.39 is 29.8 Å². The van der Waals surface area contributed by atoms with Gasteiger partial charge in [0.1, 0.15) is 6.10 Å². The average Bonchev–Trinajstić information content (AvgIpc) is 2.85. The summed E-state index contributed by atoms with van der Waals surface area (Å²) >= 11 is 0. The Balaban J connectivity index is 2.15. The molecule has 5 N–H and O–H groups in total. The first-order valence-corrected chi connectivity index (χ1v) is 5.76. The van der Waals surface area contributed by atoms with Crippen LogP contribution < -0.4 is 11.3 Å². The van der Waals surface area contributed by atoms with E-state index in [9.17, 15) is 19.4 Å². The Morgan fingerprint density at radius 3 is 2.95 bits per heavy atom. The molecule has 1 saturated heterocycles. The number of halogens is 1. The molecule has 108 valence electrons. The number of anilines is 1. The Morgan fingerprint density at radius 1 is 1.65 bits per heavy atom. The summed E-state index contributed by atoms with van der Waals surface area (Å²) in [5, 5.41) is 19.3. The van der Waals surface area contributed by atoms with E-state index in [0.29, 0.717) is 0 Å². The largest absolute Gasteiger partial charge is 0.384 e. The third-order valence-corrected chi connectivity index (χ3v) is 3.21. The van der Waals surface area contributed by atoms with Gasteiger partial charge < -0.3 is 20.7 Å². The highest BCUT2D eigenvalue weighted by molar-refractivity contribution is 5.70. The van der Waals surface area contributed by atoms with Crippen molar-refractivity contribution >= 4 is 17.1 Å². The number of nitrogens with zero attached hydrogens (tertiary/aromatic N) is 3. The zero-order valence-corrected chi connectivity index (χ0v) is 10.3. The summed E-state index contributed by atoms with van der Waals surface area (Å²) in [6.07, 6.45) is -3.87. The number of H-pyrrole nitrogens is 1. The summed E-state index contributed by atoms with van der Waals surface area (Å²) in [5.74, 6) is -2.21. The Labute approximate surface area is 110 Å². The molecule has 0 amide bonds. The highest BCUT2D eigenvalue weighted by Gasteiger charge is 2.52. The molecule has 2 aromatic heterocycles. The van der Waals surface area contributed by atoms with E-state index in [1.54, 1.807) is 0 Å². The van der Waals surface area contributed by atoms with Gasteiger partial charge in [-0.05, 0) is 6.92 Å². The number of nitrogens with one attached hydrogen (secondary N) is 1. The fourth-order valence-electron chi connectivity index (χ4n) is 2.17. The van der Waals surface area contributed by atoms with E-state index in [1.165, 1.54) is 0 Å². The minimum atomic E-state index is -2.05. The van der Waals surface area contributed by atoms with Crippen molar-refractivity contribution in [3.05, 3.63) is 16.7 Å². The van der Waals surface area contributed by atoms with Crippen molar-refractivity contribution in [3.8, 4) is 0 Å². The summed E-state index contributed by atoms with van der Waals surface area (Å²) in [6, 6.07) is 0. The number of aliphatic hydroxyl groups is 2. The Hall–Kier alpha value is -2.04. The van der Waals surface area contributed by atoms with E-state index in [2.05, 4.69) is 15.0 Å². The van der Waals surface area contributed by atoms with Gasteiger partial charge in [-0.3, -0.25) is 14.3 Å². The highest BCUT2D eigenvalue weighted by Crippen LogP contribution is 2.38. The van der Waals surface area contributed by atoms with Gasteiger partial charge in [0.05, 0.1) is 6.33 Å². The van der Waals surface area contributed by atoms with Gasteiger partial charge in [-0.25, -0.2) is 9.37 Å². The lowest BCUT2D eigenvalue weighted by Gasteiger charge is -2.19. The second-order valence-corrected chi connectivity index (χ2v) is 4.73. The van der Waals surface area contributed by atoms with Gasteiger partial charge in [-0.15, -0.1) is 0 Å².